The highest BCUT2D eigenvalue weighted by atomic mass is 19.1. The molecule has 1 heterocycles. The van der Waals surface area contributed by atoms with Crippen molar-refractivity contribution in [1.29, 1.82) is 0 Å². The molecule has 2 amide bonds. The lowest BCUT2D eigenvalue weighted by molar-refractivity contribution is -0.117. The summed E-state index contributed by atoms with van der Waals surface area (Å²) in [5.74, 6) is -3.54. The molecule has 3 N–H and O–H groups in total. The smallest absolute Gasteiger partial charge is 0.261 e. The quantitative estimate of drug-likeness (QED) is 0.507. The number of benzene rings is 1. The van der Waals surface area contributed by atoms with Crippen LogP contribution in [0, 0.1) is 11.6 Å². The number of hydrogen-bond acceptors (Lipinski definition) is 4. The molecule has 0 bridgehead atoms. The minimum Gasteiger partial charge on any atom is -0.392 e. The van der Waals surface area contributed by atoms with Gasteiger partial charge in [0.2, 0.25) is 0 Å². The molecule has 8 heteroatoms. The normalized spacial score (nSPS) is 16.9. The predicted molar refractivity (Wildman–Crippen MR) is 92.1 cm³/mol. The molecular formula is C18H21F2N3O3. The second-order valence-corrected chi connectivity index (χ2v) is 5.72. The fourth-order valence-electron chi connectivity index (χ4n) is 2.48. The summed E-state index contributed by atoms with van der Waals surface area (Å²) >= 11 is 0. The van der Waals surface area contributed by atoms with Crippen molar-refractivity contribution in [1.82, 2.24) is 16.0 Å². The van der Waals surface area contributed by atoms with Gasteiger partial charge in [-0.25, -0.2) is 8.78 Å². The van der Waals surface area contributed by atoms with E-state index in [1.54, 1.807) is 7.05 Å². The van der Waals surface area contributed by atoms with Gasteiger partial charge < -0.3 is 20.7 Å². The van der Waals surface area contributed by atoms with Gasteiger partial charge in [-0.1, -0.05) is 12.6 Å². The van der Waals surface area contributed by atoms with Crippen molar-refractivity contribution in [2.24, 2.45) is 0 Å². The Kier molecular flexibility index (Phi) is 6.85. The van der Waals surface area contributed by atoms with Crippen LogP contribution in [0.15, 0.2) is 42.2 Å². The average Bonchev–Trinajstić information content (AvgIpc) is 3.12. The summed E-state index contributed by atoms with van der Waals surface area (Å²) in [5.41, 5.74) is -0.783. The largest absolute Gasteiger partial charge is 0.392 e. The van der Waals surface area contributed by atoms with Gasteiger partial charge in [0.25, 0.3) is 11.8 Å². The van der Waals surface area contributed by atoms with E-state index in [-0.39, 0.29) is 17.4 Å². The lowest BCUT2D eigenvalue weighted by atomic mass is 10.1. The molecule has 0 aliphatic carbocycles. The first-order chi connectivity index (χ1) is 12.4. The highest BCUT2D eigenvalue weighted by Crippen LogP contribution is 2.14. The first kappa shape index (κ1) is 19.6. The number of carbonyl (C=O) groups excluding carboxylic acids is 2. The summed E-state index contributed by atoms with van der Waals surface area (Å²) in [7, 11) is 1.55. The fourth-order valence-corrected chi connectivity index (χ4v) is 2.48. The van der Waals surface area contributed by atoms with E-state index in [1.807, 2.05) is 0 Å². The lowest BCUT2D eigenvalue weighted by Gasteiger charge is -2.15. The minimum absolute atomic E-state index is 0.00462. The third-order valence-electron chi connectivity index (χ3n) is 3.84. The Balaban J connectivity index is 2.05. The molecule has 0 aromatic heterocycles. The summed E-state index contributed by atoms with van der Waals surface area (Å²) in [6.45, 7) is 4.63. The molecule has 1 fully saturated rings. The molecule has 0 spiro atoms. The van der Waals surface area contributed by atoms with E-state index in [0.717, 1.165) is 31.0 Å². The van der Waals surface area contributed by atoms with Crippen LogP contribution in [0.1, 0.15) is 23.2 Å². The number of amides is 2. The van der Waals surface area contributed by atoms with E-state index < -0.39 is 29.0 Å². The first-order valence-corrected chi connectivity index (χ1v) is 8.16. The Bertz CT molecular complexity index is 708. The van der Waals surface area contributed by atoms with Gasteiger partial charge in [0.05, 0.1) is 17.4 Å². The molecule has 0 radical (unpaired) electrons. The molecular weight excluding hydrogens is 344 g/mol. The number of rotatable bonds is 7. The molecule has 1 atom stereocenters. The number of carbonyl (C=O) groups is 2. The van der Waals surface area contributed by atoms with Crippen molar-refractivity contribution < 1.29 is 23.1 Å². The zero-order chi connectivity index (χ0) is 19.1. The fraction of sp³-hybridized carbons (Fsp3) is 0.333. The average molecular weight is 365 g/mol. The van der Waals surface area contributed by atoms with Gasteiger partial charge in [0, 0.05) is 26.4 Å². The highest BCUT2D eigenvalue weighted by Gasteiger charge is 2.22. The highest BCUT2D eigenvalue weighted by molar-refractivity contribution is 6.01. The van der Waals surface area contributed by atoms with E-state index in [9.17, 15) is 18.4 Å². The van der Waals surface area contributed by atoms with Crippen LogP contribution >= 0.6 is 0 Å². The molecule has 1 aromatic carbocycles. The van der Waals surface area contributed by atoms with Gasteiger partial charge in [-0.05, 0) is 25.0 Å². The molecule has 1 aliphatic heterocycles. The third kappa shape index (κ3) is 4.89. The molecule has 6 nitrogen and oxygen atoms in total. The minimum atomic E-state index is -1.02. The maximum atomic E-state index is 13.7. The van der Waals surface area contributed by atoms with Crippen molar-refractivity contribution in [2.45, 2.75) is 18.9 Å². The van der Waals surface area contributed by atoms with Crippen LogP contribution in [0.4, 0.5) is 8.78 Å². The molecule has 0 saturated carbocycles. The monoisotopic (exact) mass is 365 g/mol. The van der Waals surface area contributed by atoms with Gasteiger partial charge >= 0.3 is 0 Å². The Morgan fingerprint density at radius 1 is 1.35 bits per heavy atom. The van der Waals surface area contributed by atoms with Gasteiger partial charge in [-0.3, -0.25) is 9.59 Å². The summed E-state index contributed by atoms with van der Waals surface area (Å²) in [6, 6.07) is 3.11. The molecule has 1 saturated heterocycles. The Hall–Kier alpha value is -2.74. The summed E-state index contributed by atoms with van der Waals surface area (Å²) in [5, 5.41) is 7.64. The number of halogens is 2. The van der Waals surface area contributed by atoms with Gasteiger partial charge in [0.1, 0.15) is 17.2 Å². The third-order valence-corrected chi connectivity index (χ3v) is 3.84. The Morgan fingerprint density at radius 2 is 2.04 bits per heavy atom. The number of ether oxygens (including phenoxy) is 1. The van der Waals surface area contributed by atoms with E-state index in [2.05, 4.69) is 22.5 Å². The number of nitrogens with one attached hydrogen (secondary N) is 3. The SMILES string of the molecule is C=C(C(=O)NCC1CCCO1)/C(=C\NC)NC(=O)c1c(F)cccc1F. The molecule has 26 heavy (non-hydrogen) atoms. The van der Waals surface area contributed by atoms with Crippen LogP contribution in [-0.4, -0.2) is 38.1 Å². The van der Waals surface area contributed by atoms with Crippen LogP contribution in [0.3, 0.4) is 0 Å². The summed E-state index contributed by atoms with van der Waals surface area (Å²) in [6.07, 6.45) is 3.06. The van der Waals surface area contributed by atoms with Gasteiger partial charge in [-0.2, -0.15) is 0 Å². The Labute approximate surface area is 150 Å². The zero-order valence-corrected chi connectivity index (χ0v) is 14.4. The van der Waals surface area contributed by atoms with E-state index in [4.69, 9.17) is 4.74 Å². The van der Waals surface area contributed by atoms with Crippen LogP contribution < -0.4 is 16.0 Å². The first-order valence-electron chi connectivity index (χ1n) is 8.16. The van der Waals surface area contributed by atoms with Gasteiger partial charge in [-0.15, -0.1) is 0 Å². The molecule has 1 aromatic rings. The molecule has 2 rings (SSSR count). The number of hydrogen-bond donors (Lipinski definition) is 3. The maximum absolute atomic E-state index is 13.7. The molecule has 1 unspecified atom stereocenters. The second-order valence-electron chi connectivity index (χ2n) is 5.72. The predicted octanol–water partition coefficient (Wildman–Crippen LogP) is 1.61. The van der Waals surface area contributed by atoms with Crippen molar-refractivity contribution in [3.8, 4) is 0 Å². The van der Waals surface area contributed by atoms with Gasteiger partial charge in [0.15, 0.2) is 0 Å². The van der Waals surface area contributed by atoms with Crippen LogP contribution in [0.5, 0.6) is 0 Å². The Morgan fingerprint density at radius 3 is 2.62 bits per heavy atom. The van der Waals surface area contributed by atoms with Crippen LogP contribution in [0.25, 0.3) is 0 Å². The second kappa shape index (κ2) is 9.10. The molecule has 1 aliphatic rings. The maximum Gasteiger partial charge on any atom is 0.261 e. The van der Waals surface area contributed by atoms with E-state index in [1.165, 1.54) is 6.20 Å². The van der Waals surface area contributed by atoms with Crippen molar-refractivity contribution in [3.05, 3.63) is 59.4 Å². The van der Waals surface area contributed by atoms with Crippen LogP contribution in [0.2, 0.25) is 0 Å². The topological polar surface area (TPSA) is 79.5 Å². The summed E-state index contributed by atoms with van der Waals surface area (Å²) in [4.78, 5) is 24.4. The van der Waals surface area contributed by atoms with E-state index in [0.29, 0.717) is 13.2 Å². The zero-order valence-electron chi connectivity index (χ0n) is 14.4. The lowest BCUT2D eigenvalue weighted by Crippen LogP contribution is -2.36. The summed E-state index contributed by atoms with van der Waals surface area (Å²) < 4.78 is 32.9. The van der Waals surface area contributed by atoms with Crippen LogP contribution in [-0.2, 0) is 9.53 Å². The molecule has 140 valence electrons. The van der Waals surface area contributed by atoms with E-state index >= 15 is 0 Å². The van der Waals surface area contributed by atoms with Crippen molar-refractivity contribution in [2.75, 3.05) is 20.2 Å². The van der Waals surface area contributed by atoms with Crippen molar-refractivity contribution in [3.63, 3.8) is 0 Å². The standard InChI is InChI=1S/C18H21F2N3O3/c1-11(17(24)22-9-12-5-4-8-26-12)15(10-21-2)23-18(25)16-13(19)6-3-7-14(16)20/h3,6-7,10,12,21H,1,4-5,8-9H2,2H3,(H,22,24)(H,23,25)/b15-10+. The van der Waals surface area contributed by atoms with Crippen molar-refractivity contribution >= 4 is 11.8 Å².